The lowest BCUT2D eigenvalue weighted by Crippen LogP contribution is -2.18. The molecule has 0 N–H and O–H groups in total. The number of alkyl halides is 5. The van der Waals surface area contributed by atoms with Gasteiger partial charge in [0.2, 0.25) is 3.79 Å². The lowest BCUT2D eigenvalue weighted by atomic mass is 9.92. The van der Waals surface area contributed by atoms with E-state index in [0.29, 0.717) is 10.0 Å². The number of benzene rings is 4. The third kappa shape index (κ3) is 9.26. The first kappa shape index (κ1) is 32.0. The van der Waals surface area contributed by atoms with Gasteiger partial charge in [0, 0.05) is 16.0 Å². The van der Waals surface area contributed by atoms with Crippen LogP contribution in [0.25, 0.3) is 0 Å². The maximum absolute atomic E-state index is 6.18. The third-order valence-electron chi connectivity index (χ3n) is 5.94. The second-order valence-corrected chi connectivity index (χ2v) is 12.8. The van der Waals surface area contributed by atoms with E-state index in [1.165, 1.54) is 0 Å². The average Bonchev–Trinajstić information content (AvgIpc) is 2.91. The number of halogens is 7. The lowest BCUT2D eigenvalue weighted by Gasteiger charge is -2.25. The number of hydrogen-bond donors (Lipinski definition) is 0. The van der Waals surface area contributed by atoms with Crippen LogP contribution < -0.4 is 9.47 Å². The fourth-order valence-corrected chi connectivity index (χ4v) is 5.58. The summed E-state index contributed by atoms with van der Waals surface area (Å²) in [5, 5.41) is 1.38. The Labute approximate surface area is 264 Å². The zero-order valence-electron chi connectivity index (χ0n) is 20.9. The molecular formula is C30H25Cl7O2. The van der Waals surface area contributed by atoms with Crippen molar-refractivity contribution in [3.05, 3.63) is 129 Å². The molecule has 2 nitrogen and oxygen atoms in total. The molecule has 0 aliphatic carbocycles. The lowest BCUT2D eigenvalue weighted by molar-refractivity contribution is 0.414. The molecule has 4 aromatic rings. The zero-order chi connectivity index (χ0) is 28.6. The molecule has 0 atom stereocenters. The number of rotatable bonds is 7. The first-order valence-corrected chi connectivity index (χ1v) is 14.4. The Balaban J connectivity index is 0.000000218. The quantitative estimate of drug-likeness (QED) is 0.183. The third-order valence-corrected chi connectivity index (χ3v) is 7.60. The van der Waals surface area contributed by atoms with E-state index in [1.807, 2.05) is 97.1 Å². The molecule has 0 aliphatic rings. The molecule has 0 bridgehead atoms. The molecule has 0 aromatic heterocycles. The van der Waals surface area contributed by atoms with Crippen molar-refractivity contribution in [2.45, 2.75) is 20.5 Å². The fourth-order valence-electron chi connectivity index (χ4n) is 3.99. The predicted molar refractivity (Wildman–Crippen MR) is 168 cm³/mol. The number of hydrogen-bond acceptors (Lipinski definition) is 2. The minimum Gasteiger partial charge on any atom is -0.497 e. The Morgan fingerprint density at radius 2 is 0.821 bits per heavy atom. The molecule has 39 heavy (non-hydrogen) atoms. The van der Waals surface area contributed by atoms with Crippen LogP contribution in [0.2, 0.25) is 10.0 Å². The van der Waals surface area contributed by atoms with Crippen molar-refractivity contribution < 1.29 is 9.47 Å². The maximum Gasteiger partial charge on any atom is 0.201 e. The Morgan fingerprint density at radius 3 is 1.08 bits per heavy atom. The summed E-state index contributed by atoms with van der Waals surface area (Å²) in [6.07, 6.45) is 0. The largest absolute Gasteiger partial charge is 0.497 e. The van der Waals surface area contributed by atoms with Crippen LogP contribution in [0, 0.1) is 0 Å². The van der Waals surface area contributed by atoms with E-state index in [4.69, 9.17) is 90.7 Å². The summed E-state index contributed by atoms with van der Waals surface area (Å²) >= 11 is 42.5. The van der Waals surface area contributed by atoms with Gasteiger partial charge in [0.25, 0.3) is 0 Å². The van der Waals surface area contributed by atoms with Crippen LogP contribution in [0.5, 0.6) is 11.5 Å². The van der Waals surface area contributed by atoms with Crippen molar-refractivity contribution in [1.82, 2.24) is 0 Å². The van der Waals surface area contributed by atoms with E-state index in [1.54, 1.807) is 14.2 Å². The van der Waals surface area contributed by atoms with Gasteiger partial charge in [-0.3, -0.25) is 0 Å². The van der Waals surface area contributed by atoms with Gasteiger partial charge in [0.15, 0.2) is 0 Å². The zero-order valence-corrected chi connectivity index (χ0v) is 26.2. The smallest absolute Gasteiger partial charge is 0.201 e. The van der Waals surface area contributed by atoms with Crippen LogP contribution in [-0.4, -0.2) is 22.8 Å². The van der Waals surface area contributed by atoms with Crippen molar-refractivity contribution in [2.24, 2.45) is 0 Å². The van der Waals surface area contributed by atoms with Crippen molar-refractivity contribution in [1.29, 1.82) is 0 Å². The number of methoxy groups -OCH3 is 2. The van der Waals surface area contributed by atoms with Crippen molar-refractivity contribution in [3.63, 3.8) is 0 Å². The monoisotopic (exact) mass is 662 g/mol. The molecule has 0 fully saturated rings. The van der Waals surface area contributed by atoms with Crippen LogP contribution in [-0.2, 0) is 0 Å². The van der Waals surface area contributed by atoms with Crippen LogP contribution in [0.15, 0.2) is 97.1 Å². The Kier molecular flexibility index (Phi) is 12.3. The highest BCUT2D eigenvalue weighted by Gasteiger charge is 2.35. The number of ether oxygens (including phenoxy) is 2. The van der Waals surface area contributed by atoms with E-state index >= 15 is 0 Å². The van der Waals surface area contributed by atoms with Gasteiger partial charge in [0.1, 0.15) is 16.3 Å². The highest BCUT2D eigenvalue weighted by atomic mass is 35.6. The summed E-state index contributed by atoms with van der Waals surface area (Å²) in [5.41, 5.74) is 3.86. The molecule has 206 valence electrons. The first-order valence-electron chi connectivity index (χ1n) is 11.7. The van der Waals surface area contributed by atoms with E-state index in [0.717, 1.165) is 33.8 Å². The van der Waals surface area contributed by atoms with Gasteiger partial charge < -0.3 is 9.47 Å². The van der Waals surface area contributed by atoms with Gasteiger partial charge in [-0.25, -0.2) is 0 Å². The SMILES string of the molecule is COc1ccc(C(c2ccc(OC)cc2)C(Cl)(Cl)Cl)cc1.Clc1ccc(C(c2ccc(Cl)cc2)C(Cl)Cl)cc1. The standard InChI is InChI=1S/C16H15Cl3O2.C14H10Cl4/c1-20-13-7-3-11(4-8-13)15(16(17,18)19)12-5-9-14(21-2)10-6-12;15-11-5-1-9(2-6-11)13(14(17)18)10-3-7-12(16)8-4-10/h3-10,15H,1-2H3;1-8,13-14H. The summed E-state index contributed by atoms with van der Waals surface area (Å²) in [5.74, 6) is 1.05. The van der Waals surface area contributed by atoms with Gasteiger partial charge in [-0.1, -0.05) is 107 Å². The summed E-state index contributed by atoms with van der Waals surface area (Å²) in [4.78, 5) is -0.535. The predicted octanol–water partition coefficient (Wildman–Crippen LogP) is 11.1. The van der Waals surface area contributed by atoms with Gasteiger partial charge in [-0.2, -0.15) is 0 Å². The Hall–Kier alpha value is -1.49. The van der Waals surface area contributed by atoms with Gasteiger partial charge in [-0.05, 0) is 70.8 Å². The molecule has 4 aromatic carbocycles. The molecule has 0 spiro atoms. The molecule has 0 aliphatic heterocycles. The summed E-state index contributed by atoms with van der Waals surface area (Å²) in [6.45, 7) is 0. The van der Waals surface area contributed by atoms with Gasteiger partial charge in [0.05, 0.1) is 20.1 Å². The molecule has 9 heteroatoms. The highest BCUT2D eigenvalue weighted by molar-refractivity contribution is 6.68. The molecule has 4 rings (SSSR count). The summed E-state index contributed by atoms with van der Waals surface area (Å²) < 4.78 is 8.85. The highest BCUT2D eigenvalue weighted by Crippen LogP contribution is 2.46. The topological polar surface area (TPSA) is 18.5 Å². The molecule has 0 radical (unpaired) electrons. The maximum atomic E-state index is 6.18. The van der Waals surface area contributed by atoms with Crippen molar-refractivity contribution in [3.8, 4) is 11.5 Å². The van der Waals surface area contributed by atoms with E-state index in [9.17, 15) is 0 Å². The molecule has 0 amide bonds. The minimum atomic E-state index is -1.46. The molecule has 0 saturated carbocycles. The first-order chi connectivity index (χ1) is 18.5. The summed E-state index contributed by atoms with van der Waals surface area (Å²) in [6, 6.07) is 30.0. The fraction of sp³-hybridized carbons (Fsp3) is 0.200. The molecule has 0 heterocycles. The van der Waals surface area contributed by atoms with E-state index in [2.05, 4.69) is 0 Å². The Bertz CT molecular complexity index is 1190. The summed E-state index contributed by atoms with van der Waals surface area (Å²) in [7, 11) is 3.23. The molecular weight excluding hydrogens is 640 g/mol. The average molecular weight is 666 g/mol. The van der Waals surface area contributed by atoms with Gasteiger partial charge >= 0.3 is 0 Å². The molecule has 0 saturated heterocycles. The van der Waals surface area contributed by atoms with Crippen molar-refractivity contribution in [2.75, 3.05) is 14.2 Å². The normalized spacial score (nSPS) is 11.4. The molecule has 0 unspecified atom stereocenters. The van der Waals surface area contributed by atoms with Crippen LogP contribution in [0.1, 0.15) is 34.1 Å². The van der Waals surface area contributed by atoms with Crippen LogP contribution in [0.3, 0.4) is 0 Å². The Morgan fingerprint density at radius 1 is 0.513 bits per heavy atom. The van der Waals surface area contributed by atoms with E-state index < -0.39 is 8.63 Å². The minimum absolute atomic E-state index is 0.0946. The van der Waals surface area contributed by atoms with Crippen molar-refractivity contribution >= 4 is 81.2 Å². The second-order valence-electron chi connectivity index (χ2n) is 8.44. The van der Waals surface area contributed by atoms with Crippen LogP contribution in [0.4, 0.5) is 0 Å². The van der Waals surface area contributed by atoms with Crippen LogP contribution >= 0.6 is 81.2 Å². The van der Waals surface area contributed by atoms with Gasteiger partial charge in [-0.15, -0.1) is 23.2 Å². The van der Waals surface area contributed by atoms with E-state index in [-0.39, 0.29) is 11.8 Å². The second kappa shape index (κ2) is 14.9.